The van der Waals surface area contributed by atoms with Crippen molar-refractivity contribution in [1.29, 1.82) is 0 Å². The third-order valence-corrected chi connectivity index (χ3v) is 5.22. The molecule has 0 saturated carbocycles. The lowest BCUT2D eigenvalue weighted by molar-refractivity contribution is 0.397. The molecule has 0 saturated heterocycles. The number of halogens is 1. The molecular weight excluding hydrogens is 435 g/mol. The quantitative estimate of drug-likeness (QED) is 0.418. The fraction of sp³-hybridized carbons (Fsp3) is 0.562. The topological polar surface area (TPSA) is 67.1 Å². The van der Waals surface area contributed by atoms with Crippen LogP contribution in [-0.4, -0.2) is 34.3 Å². The fourth-order valence-corrected chi connectivity index (χ4v) is 3.67. The number of aryl methyl sites for hydroxylation is 2. The van der Waals surface area contributed by atoms with Crippen molar-refractivity contribution in [1.82, 2.24) is 25.4 Å². The third-order valence-electron chi connectivity index (χ3n) is 4.12. The van der Waals surface area contributed by atoms with E-state index >= 15 is 0 Å². The predicted octanol–water partition coefficient (Wildman–Crippen LogP) is 3.07. The number of hydrogen-bond acceptors (Lipinski definition) is 4. The van der Waals surface area contributed by atoms with E-state index in [0.29, 0.717) is 5.92 Å². The van der Waals surface area contributed by atoms with Gasteiger partial charge in [-0.1, -0.05) is 13.0 Å². The Balaban J connectivity index is 0.00000208. The van der Waals surface area contributed by atoms with Crippen LogP contribution in [0.1, 0.15) is 48.3 Å². The van der Waals surface area contributed by atoms with Crippen molar-refractivity contribution in [2.24, 2.45) is 4.99 Å². The van der Waals surface area contributed by atoms with Gasteiger partial charge in [-0.3, -0.25) is 4.99 Å². The summed E-state index contributed by atoms with van der Waals surface area (Å²) in [5, 5.41) is 13.5. The number of rotatable bonds is 4. The molecule has 8 heteroatoms. The summed E-state index contributed by atoms with van der Waals surface area (Å²) in [6.45, 7) is 5.99. The van der Waals surface area contributed by atoms with Gasteiger partial charge in [0.15, 0.2) is 5.96 Å². The van der Waals surface area contributed by atoms with Crippen molar-refractivity contribution in [3.63, 3.8) is 0 Å². The Morgan fingerprint density at radius 2 is 2.38 bits per heavy atom. The average molecular weight is 460 g/mol. The SMILES string of the molecule is CN=C(NCC(C)c1cccs1)NC1CCCn2nc(C)nc21.I. The number of thiophene rings is 1. The van der Waals surface area contributed by atoms with Gasteiger partial charge >= 0.3 is 0 Å². The first-order chi connectivity index (χ1) is 11.2. The van der Waals surface area contributed by atoms with Crippen LogP contribution < -0.4 is 10.6 Å². The molecule has 0 aromatic carbocycles. The maximum Gasteiger partial charge on any atom is 0.191 e. The molecule has 0 radical (unpaired) electrons. The van der Waals surface area contributed by atoms with Crippen LogP contribution in [-0.2, 0) is 6.54 Å². The first-order valence-corrected chi connectivity index (χ1v) is 8.97. The minimum Gasteiger partial charge on any atom is -0.356 e. The lowest BCUT2D eigenvalue weighted by Crippen LogP contribution is -2.42. The molecule has 3 rings (SSSR count). The van der Waals surface area contributed by atoms with Gasteiger partial charge in [-0.05, 0) is 31.2 Å². The van der Waals surface area contributed by atoms with Crippen molar-refractivity contribution in [2.45, 2.75) is 45.2 Å². The summed E-state index contributed by atoms with van der Waals surface area (Å²) in [5.41, 5.74) is 0. The molecule has 3 heterocycles. The molecule has 1 aliphatic heterocycles. The van der Waals surface area contributed by atoms with Crippen LogP contribution >= 0.6 is 35.3 Å². The fourth-order valence-electron chi connectivity index (χ4n) is 2.89. The summed E-state index contributed by atoms with van der Waals surface area (Å²) in [4.78, 5) is 10.3. The van der Waals surface area contributed by atoms with Crippen molar-refractivity contribution in [3.05, 3.63) is 34.0 Å². The van der Waals surface area contributed by atoms with E-state index in [2.05, 4.69) is 50.1 Å². The molecule has 6 nitrogen and oxygen atoms in total. The highest BCUT2D eigenvalue weighted by atomic mass is 127. The van der Waals surface area contributed by atoms with Gasteiger partial charge in [-0.25, -0.2) is 9.67 Å². The molecule has 2 aromatic rings. The summed E-state index contributed by atoms with van der Waals surface area (Å²) in [5.74, 6) is 3.14. The van der Waals surface area contributed by atoms with Gasteiger partial charge in [0, 0.05) is 30.9 Å². The van der Waals surface area contributed by atoms with E-state index in [9.17, 15) is 0 Å². The molecule has 2 aromatic heterocycles. The normalized spacial score (nSPS) is 18.5. The summed E-state index contributed by atoms with van der Waals surface area (Å²) >= 11 is 1.80. The Morgan fingerprint density at radius 1 is 1.54 bits per heavy atom. The molecule has 0 aliphatic carbocycles. The molecule has 2 atom stereocenters. The number of nitrogens with zero attached hydrogens (tertiary/aromatic N) is 4. The Labute approximate surface area is 164 Å². The lowest BCUT2D eigenvalue weighted by Gasteiger charge is -2.25. The molecule has 0 bridgehead atoms. The van der Waals surface area contributed by atoms with Gasteiger partial charge in [-0.2, -0.15) is 5.10 Å². The van der Waals surface area contributed by atoms with E-state index in [-0.39, 0.29) is 30.0 Å². The third kappa shape index (κ3) is 4.47. The van der Waals surface area contributed by atoms with Gasteiger partial charge < -0.3 is 10.6 Å². The number of hydrogen-bond donors (Lipinski definition) is 2. The molecule has 1 aliphatic rings. The molecule has 0 fully saturated rings. The van der Waals surface area contributed by atoms with Crippen LogP contribution in [0.15, 0.2) is 22.5 Å². The maximum atomic E-state index is 4.56. The average Bonchev–Trinajstić information content (AvgIpc) is 3.19. The Hall–Kier alpha value is -1.16. The minimum absolute atomic E-state index is 0. The zero-order valence-electron chi connectivity index (χ0n) is 14.3. The Kier molecular flexibility index (Phi) is 7.02. The van der Waals surface area contributed by atoms with Gasteiger partial charge in [0.05, 0.1) is 6.04 Å². The zero-order chi connectivity index (χ0) is 16.2. The largest absolute Gasteiger partial charge is 0.356 e. The highest BCUT2D eigenvalue weighted by Crippen LogP contribution is 2.23. The van der Waals surface area contributed by atoms with E-state index in [1.807, 2.05) is 18.7 Å². The summed E-state index contributed by atoms with van der Waals surface area (Å²) in [6.07, 6.45) is 2.16. The van der Waals surface area contributed by atoms with Crippen molar-refractivity contribution < 1.29 is 0 Å². The molecule has 0 spiro atoms. The molecule has 2 unspecified atom stereocenters. The van der Waals surface area contributed by atoms with Crippen LogP contribution in [0.2, 0.25) is 0 Å². The molecule has 2 N–H and O–H groups in total. The molecule has 0 amide bonds. The molecule has 24 heavy (non-hydrogen) atoms. The first-order valence-electron chi connectivity index (χ1n) is 8.09. The molecule has 132 valence electrons. The van der Waals surface area contributed by atoms with Crippen LogP contribution in [0.3, 0.4) is 0 Å². The van der Waals surface area contributed by atoms with Gasteiger partial charge in [0.2, 0.25) is 0 Å². The Bertz CT molecular complexity index is 666. The second-order valence-corrected chi connectivity index (χ2v) is 6.93. The first kappa shape index (κ1) is 19.2. The monoisotopic (exact) mass is 460 g/mol. The van der Waals surface area contributed by atoms with E-state index in [4.69, 9.17) is 0 Å². The zero-order valence-corrected chi connectivity index (χ0v) is 17.5. The minimum atomic E-state index is 0. The van der Waals surface area contributed by atoms with Crippen molar-refractivity contribution in [3.8, 4) is 0 Å². The number of guanidine groups is 1. The number of nitrogens with one attached hydrogen (secondary N) is 2. The van der Waals surface area contributed by atoms with Gasteiger partial charge in [0.1, 0.15) is 11.6 Å². The van der Waals surface area contributed by atoms with E-state index in [0.717, 1.165) is 43.5 Å². The summed E-state index contributed by atoms with van der Waals surface area (Å²) in [7, 11) is 1.81. The van der Waals surface area contributed by atoms with Crippen LogP contribution in [0.4, 0.5) is 0 Å². The molecular formula is C16H25IN6S. The summed E-state index contributed by atoms with van der Waals surface area (Å²) < 4.78 is 2.01. The number of aromatic nitrogens is 3. The van der Waals surface area contributed by atoms with Crippen LogP contribution in [0.25, 0.3) is 0 Å². The number of fused-ring (bicyclic) bond motifs is 1. The second-order valence-electron chi connectivity index (χ2n) is 5.95. The highest BCUT2D eigenvalue weighted by Gasteiger charge is 2.24. The van der Waals surface area contributed by atoms with E-state index in [1.165, 1.54) is 4.88 Å². The summed E-state index contributed by atoms with van der Waals surface area (Å²) in [6, 6.07) is 4.45. The van der Waals surface area contributed by atoms with Crippen LogP contribution in [0, 0.1) is 6.92 Å². The van der Waals surface area contributed by atoms with Crippen molar-refractivity contribution >= 4 is 41.3 Å². The predicted molar refractivity (Wildman–Crippen MR) is 109 cm³/mol. The van der Waals surface area contributed by atoms with E-state index < -0.39 is 0 Å². The van der Waals surface area contributed by atoms with Crippen LogP contribution in [0.5, 0.6) is 0 Å². The second kappa shape index (κ2) is 8.80. The smallest absolute Gasteiger partial charge is 0.191 e. The highest BCUT2D eigenvalue weighted by molar-refractivity contribution is 14.0. The maximum absolute atomic E-state index is 4.56. The number of aliphatic imine (C=N–C) groups is 1. The van der Waals surface area contributed by atoms with Crippen molar-refractivity contribution in [2.75, 3.05) is 13.6 Å². The Morgan fingerprint density at radius 3 is 3.08 bits per heavy atom. The van der Waals surface area contributed by atoms with E-state index in [1.54, 1.807) is 11.3 Å². The van der Waals surface area contributed by atoms with Gasteiger partial charge in [0.25, 0.3) is 0 Å². The van der Waals surface area contributed by atoms with Gasteiger partial charge in [-0.15, -0.1) is 35.3 Å². The lowest BCUT2D eigenvalue weighted by atomic mass is 10.1. The standard InChI is InChI=1S/C16H24N6S.HI/c1-11(14-7-5-9-23-14)10-18-16(17-3)20-13-6-4-8-22-15(13)19-12(2)21-22;/h5,7,9,11,13H,4,6,8,10H2,1-3H3,(H2,17,18,20);1H.